The summed E-state index contributed by atoms with van der Waals surface area (Å²) in [4.78, 5) is 33.4. The summed E-state index contributed by atoms with van der Waals surface area (Å²) in [5.41, 5.74) is 5.42. The van der Waals surface area contributed by atoms with Crippen LogP contribution in [0, 0.1) is 11.8 Å². The van der Waals surface area contributed by atoms with E-state index in [1.54, 1.807) is 0 Å². The Morgan fingerprint density at radius 3 is 2.36 bits per heavy atom. The third kappa shape index (κ3) is 9.22. The average Bonchev–Trinajstić information content (AvgIpc) is 3.28. The van der Waals surface area contributed by atoms with Gasteiger partial charge in [-0.1, -0.05) is 19.3 Å². The van der Waals surface area contributed by atoms with Crippen LogP contribution in [-0.2, 0) is 9.59 Å². The number of piperidine rings is 1. The highest BCUT2D eigenvalue weighted by Crippen LogP contribution is 2.26. The fraction of sp³-hybridized carbons (Fsp3) is 0.875. The summed E-state index contributed by atoms with van der Waals surface area (Å²) in [6.45, 7) is 8.37. The molecule has 2 saturated heterocycles. The summed E-state index contributed by atoms with van der Waals surface area (Å²) in [6.07, 6.45) is 10.8. The second-order valence-corrected chi connectivity index (χ2v) is 9.74. The van der Waals surface area contributed by atoms with Gasteiger partial charge >= 0.3 is 0 Å². The first kappa shape index (κ1) is 28.1. The van der Waals surface area contributed by atoms with Crippen molar-refractivity contribution in [2.75, 3.05) is 45.8 Å². The van der Waals surface area contributed by atoms with Crippen LogP contribution in [0.15, 0.2) is 4.99 Å². The second kappa shape index (κ2) is 15.0. The van der Waals surface area contributed by atoms with Crippen LogP contribution in [0.2, 0.25) is 0 Å². The van der Waals surface area contributed by atoms with Gasteiger partial charge in [0.15, 0.2) is 5.96 Å². The number of carbonyl (C=O) groups is 2. The Morgan fingerprint density at radius 1 is 0.970 bits per heavy atom. The van der Waals surface area contributed by atoms with E-state index in [9.17, 15) is 9.59 Å². The monoisotopic (exact) mass is 576 g/mol. The number of nitrogens with one attached hydrogen (secondary N) is 2. The van der Waals surface area contributed by atoms with Gasteiger partial charge in [0, 0.05) is 44.1 Å². The maximum absolute atomic E-state index is 12.8. The minimum atomic E-state index is -0.147. The Labute approximate surface area is 216 Å². The summed E-state index contributed by atoms with van der Waals surface area (Å²) in [6, 6.07) is 0.284. The highest BCUT2D eigenvalue weighted by molar-refractivity contribution is 14.0. The minimum absolute atomic E-state index is 0. The molecule has 33 heavy (non-hydrogen) atoms. The van der Waals surface area contributed by atoms with Crippen LogP contribution in [0.5, 0.6) is 0 Å². The average molecular weight is 577 g/mol. The van der Waals surface area contributed by atoms with Crippen molar-refractivity contribution in [2.45, 2.75) is 77.2 Å². The molecule has 190 valence electrons. The van der Waals surface area contributed by atoms with Crippen molar-refractivity contribution in [3.05, 3.63) is 0 Å². The standard InChI is InChI=1S/C24H44N6O2.HI/c1-2-26-24(27-13-6-7-14-29-15-10-19(11-16-29)22(25)31)28-21-12-17-30(18-21)23(32)20-8-4-3-5-9-20;/h19-21H,2-18H2,1H3,(H2,25,31)(H2,26,27,28);1H. The maximum Gasteiger partial charge on any atom is 0.225 e. The van der Waals surface area contributed by atoms with Crippen LogP contribution in [0.3, 0.4) is 0 Å². The summed E-state index contributed by atoms with van der Waals surface area (Å²) in [5.74, 6) is 1.41. The Balaban J connectivity index is 0.00000385. The van der Waals surface area contributed by atoms with Crippen LogP contribution in [-0.4, -0.2) is 79.4 Å². The summed E-state index contributed by atoms with van der Waals surface area (Å²) in [5, 5.41) is 6.91. The van der Waals surface area contributed by atoms with Gasteiger partial charge < -0.3 is 26.2 Å². The Kier molecular flexibility index (Phi) is 12.8. The van der Waals surface area contributed by atoms with E-state index >= 15 is 0 Å². The van der Waals surface area contributed by atoms with Gasteiger partial charge in [-0.05, 0) is 71.5 Å². The van der Waals surface area contributed by atoms with Gasteiger partial charge in [0.05, 0.1) is 0 Å². The van der Waals surface area contributed by atoms with E-state index in [0.29, 0.717) is 5.91 Å². The molecular weight excluding hydrogens is 531 g/mol. The maximum atomic E-state index is 12.8. The van der Waals surface area contributed by atoms with Crippen molar-refractivity contribution < 1.29 is 9.59 Å². The number of hydrogen-bond donors (Lipinski definition) is 3. The molecule has 3 rings (SSSR count). The molecule has 0 spiro atoms. The predicted molar refractivity (Wildman–Crippen MR) is 144 cm³/mol. The zero-order valence-corrected chi connectivity index (χ0v) is 22.7. The van der Waals surface area contributed by atoms with Crippen LogP contribution in [0.1, 0.15) is 71.1 Å². The molecule has 9 heteroatoms. The number of unbranched alkanes of at least 4 members (excludes halogenated alkanes) is 1. The van der Waals surface area contributed by atoms with E-state index in [0.717, 1.165) is 96.7 Å². The molecule has 2 heterocycles. The number of primary amides is 1. The third-order valence-electron chi connectivity index (χ3n) is 7.28. The molecule has 2 aliphatic heterocycles. The van der Waals surface area contributed by atoms with Gasteiger partial charge in [0.25, 0.3) is 0 Å². The third-order valence-corrected chi connectivity index (χ3v) is 7.28. The fourth-order valence-electron chi connectivity index (χ4n) is 5.28. The van der Waals surface area contributed by atoms with Crippen LogP contribution >= 0.6 is 24.0 Å². The molecule has 8 nitrogen and oxygen atoms in total. The smallest absolute Gasteiger partial charge is 0.225 e. The molecule has 2 amide bonds. The number of amides is 2. The molecule has 4 N–H and O–H groups in total. The SMILES string of the molecule is CCNC(=NCCCCN1CCC(C(N)=O)CC1)NC1CCN(C(=O)C2CCCCC2)C1.I. The van der Waals surface area contributed by atoms with Crippen molar-refractivity contribution in [2.24, 2.45) is 22.6 Å². The molecule has 1 atom stereocenters. The fourth-order valence-corrected chi connectivity index (χ4v) is 5.28. The number of hydrogen-bond acceptors (Lipinski definition) is 4. The number of halogens is 1. The largest absolute Gasteiger partial charge is 0.369 e. The molecule has 0 aromatic rings. The van der Waals surface area contributed by atoms with Crippen LogP contribution < -0.4 is 16.4 Å². The van der Waals surface area contributed by atoms with Gasteiger partial charge in [0.1, 0.15) is 0 Å². The molecule has 3 aliphatic rings. The first-order valence-corrected chi connectivity index (χ1v) is 12.9. The minimum Gasteiger partial charge on any atom is -0.369 e. The highest BCUT2D eigenvalue weighted by Gasteiger charge is 2.31. The van der Waals surface area contributed by atoms with Crippen molar-refractivity contribution in [1.82, 2.24) is 20.4 Å². The lowest BCUT2D eigenvalue weighted by atomic mass is 9.88. The van der Waals surface area contributed by atoms with Crippen molar-refractivity contribution in [1.29, 1.82) is 0 Å². The lowest BCUT2D eigenvalue weighted by Gasteiger charge is -2.30. The molecule has 1 saturated carbocycles. The number of guanidine groups is 1. The topological polar surface area (TPSA) is 103 Å². The lowest BCUT2D eigenvalue weighted by molar-refractivity contribution is -0.135. The number of aliphatic imine (C=N–C) groups is 1. The van der Waals surface area contributed by atoms with E-state index < -0.39 is 0 Å². The normalized spacial score (nSPS) is 23.2. The molecule has 1 unspecified atom stereocenters. The lowest BCUT2D eigenvalue weighted by Crippen LogP contribution is -2.45. The zero-order valence-electron chi connectivity index (χ0n) is 20.4. The molecular formula is C24H45IN6O2. The molecule has 0 bridgehead atoms. The summed E-state index contributed by atoms with van der Waals surface area (Å²) in [7, 11) is 0. The van der Waals surface area contributed by atoms with Gasteiger partial charge in [-0.15, -0.1) is 24.0 Å². The zero-order chi connectivity index (χ0) is 22.8. The van der Waals surface area contributed by atoms with Gasteiger partial charge in [-0.25, -0.2) is 0 Å². The summed E-state index contributed by atoms with van der Waals surface area (Å²) >= 11 is 0. The highest BCUT2D eigenvalue weighted by atomic mass is 127. The van der Waals surface area contributed by atoms with E-state index in [2.05, 4.69) is 27.4 Å². The van der Waals surface area contributed by atoms with Gasteiger partial charge in [-0.3, -0.25) is 14.6 Å². The predicted octanol–water partition coefficient (Wildman–Crippen LogP) is 2.32. The van der Waals surface area contributed by atoms with Gasteiger partial charge in [-0.2, -0.15) is 0 Å². The molecule has 0 radical (unpaired) electrons. The molecule has 0 aromatic carbocycles. The Bertz CT molecular complexity index is 632. The van der Waals surface area contributed by atoms with Crippen molar-refractivity contribution in [3.8, 4) is 0 Å². The Hall–Kier alpha value is -1.10. The number of likely N-dealkylation sites (tertiary alicyclic amines) is 2. The molecule has 3 fully saturated rings. The number of rotatable bonds is 9. The van der Waals surface area contributed by atoms with E-state index in [4.69, 9.17) is 10.7 Å². The quantitative estimate of drug-likeness (QED) is 0.169. The van der Waals surface area contributed by atoms with E-state index in [1.807, 2.05) is 0 Å². The molecule has 1 aliphatic carbocycles. The van der Waals surface area contributed by atoms with Crippen molar-refractivity contribution >= 4 is 41.8 Å². The number of nitrogens with two attached hydrogens (primary N) is 1. The molecule has 0 aromatic heterocycles. The number of carbonyl (C=O) groups excluding carboxylic acids is 2. The summed E-state index contributed by atoms with van der Waals surface area (Å²) < 4.78 is 0. The van der Waals surface area contributed by atoms with E-state index in [-0.39, 0.29) is 47.8 Å². The van der Waals surface area contributed by atoms with E-state index in [1.165, 1.54) is 19.3 Å². The van der Waals surface area contributed by atoms with Crippen LogP contribution in [0.4, 0.5) is 0 Å². The number of nitrogens with zero attached hydrogens (tertiary/aromatic N) is 3. The second-order valence-electron chi connectivity index (χ2n) is 9.74. The van der Waals surface area contributed by atoms with Crippen LogP contribution in [0.25, 0.3) is 0 Å². The first-order chi connectivity index (χ1) is 15.6. The van der Waals surface area contributed by atoms with Gasteiger partial charge in [0.2, 0.25) is 11.8 Å². The Morgan fingerprint density at radius 2 is 1.70 bits per heavy atom. The first-order valence-electron chi connectivity index (χ1n) is 12.9. The van der Waals surface area contributed by atoms with Crippen molar-refractivity contribution in [3.63, 3.8) is 0 Å².